The van der Waals surface area contributed by atoms with E-state index in [1.165, 1.54) is 0 Å². The first kappa shape index (κ1) is 15.7. The second-order valence-corrected chi connectivity index (χ2v) is 5.68. The molecule has 1 aromatic heterocycles. The van der Waals surface area contributed by atoms with Crippen molar-refractivity contribution in [1.29, 1.82) is 0 Å². The van der Waals surface area contributed by atoms with E-state index >= 15 is 0 Å². The minimum absolute atomic E-state index is 0.233. The van der Waals surface area contributed by atoms with Crippen molar-refractivity contribution < 1.29 is 14.7 Å². The molecule has 0 bridgehead atoms. The summed E-state index contributed by atoms with van der Waals surface area (Å²) >= 11 is 0. The van der Waals surface area contributed by atoms with Gasteiger partial charge < -0.3 is 10.4 Å². The van der Waals surface area contributed by atoms with Crippen molar-refractivity contribution in [3.63, 3.8) is 0 Å². The highest BCUT2D eigenvalue weighted by Gasteiger charge is 2.14. The predicted molar refractivity (Wildman–Crippen MR) is 93.3 cm³/mol. The standard InChI is InChI=1S/C19H16N2O3/c1-11-7-12(2)18-15(8-11)16(19(23)24)9-17(21-18)13-3-5-14(6-4-13)20-10-22/h3-10H,1-2H3,(H,20,22)(H,23,24). The smallest absolute Gasteiger partial charge is 0.336 e. The first-order valence-corrected chi connectivity index (χ1v) is 7.45. The molecule has 0 aliphatic heterocycles. The van der Waals surface area contributed by atoms with Gasteiger partial charge >= 0.3 is 5.97 Å². The van der Waals surface area contributed by atoms with Crippen LogP contribution in [0.1, 0.15) is 21.5 Å². The lowest BCUT2D eigenvalue weighted by atomic mass is 10.00. The number of amides is 1. The molecular weight excluding hydrogens is 304 g/mol. The molecule has 1 amide bonds. The second-order valence-electron chi connectivity index (χ2n) is 5.68. The summed E-state index contributed by atoms with van der Waals surface area (Å²) in [4.78, 5) is 26.8. The van der Waals surface area contributed by atoms with Crippen LogP contribution in [0.3, 0.4) is 0 Å². The number of aryl methyl sites for hydroxylation is 2. The number of carboxylic acids is 1. The third kappa shape index (κ3) is 2.84. The molecule has 120 valence electrons. The zero-order chi connectivity index (χ0) is 17.3. The summed E-state index contributed by atoms with van der Waals surface area (Å²) in [6, 6.07) is 12.5. The maximum absolute atomic E-state index is 11.7. The molecule has 24 heavy (non-hydrogen) atoms. The van der Waals surface area contributed by atoms with E-state index in [0.717, 1.165) is 16.7 Å². The molecule has 0 atom stereocenters. The highest BCUT2D eigenvalue weighted by molar-refractivity contribution is 6.04. The summed E-state index contributed by atoms with van der Waals surface area (Å²) in [6.07, 6.45) is 0.609. The molecule has 5 nitrogen and oxygen atoms in total. The number of aromatic nitrogens is 1. The fourth-order valence-corrected chi connectivity index (χ4v) is 2.81. The Balaban J connectivity index is 2.22. The number of rotatable bonds is 4. The zero-order valence-electron chi connectivity index (χ0n) is 13.3. The Morgan fingerprint density at radius 3 is 2.46 bits per heavy atom. The molecule has 2 N–H and O–H groups in total. The predicted octanol–water partition coefficient (Wildman–Crippen LogP) is 3.79. The molecule has 2 aromatic carbocycles. The van der Waals surface area contributed by atoms with Crippen molar-refractivity contribution in [3.8, 4) is 11.3 Å². The number of hydrogen-bond acceptors (Lipinski definition) is 3. The molecule has 0 radical (unpaired) electrons. The first-order chi connectivity index (χ1) is 11.5. The summed E-state index contributed by atoms with van der Waals surface area (Å²) in [5.41, 5.74) is 4.90. The lowest BCUT2D eigenvalue weighted by Crippen LogP contribution is -2.02. The van der Waals surface area contributed by atoms with Crippen molar-refractivity contribution in [1.82, 2.24) is 4.98 Å². The molecule has 0 fully saturated rings. The van der Waals surface area contributed by atoms with E-state index < -0.39 is 5.97 Å². The maximum atomic E-state index is 11.7. The summed E-state index contributed by atoms with van der Waals surface area (Å²) < 4.78 is 0. The van der Waals surface area contributed by atoms with Gasteiger partial charge in [-0.1, -0.05) is 23.8 Å². The van der Waals surface area contributed by atoms with Crippen LogP contribution in [0.2, 0.25) is 0 Å². The molecule has 0 saturated carbocycles. The van der Waals surface area contributed by atoms with E-state index in [9.17, 15) is 14.7 Å². The normalized spacial score (nSPS) is 10.6. The molecule has 0 spiro atoms. The number of fused-ring (bicyclic) bond motifs is 1. The molecule has 3 rings (SSSR count). The number of hydrogen-bond donors (Lipinski definition) is 2. The summed E-state index contributed by atoms with van der Waals surface area (Å²) in [5.74, 6) is -0.979. The van der Waals surface area contributed by atoms with Gasteiger partial charge in [0.2, 0.25) is 6.41 Å². The van der Waals surface area contributed by atoms with Crippen LogP contribution in [-0.4, -0.2) is 22.5 Å². The van der Waals surface area contributed by atoms with Gasteiger partial charge in [-0.2, -0.15) is 0 Å². The lowest BCUT2D eigenvalue weighted by molar-refractivity contribution is -0.105. The van der Waals surface area contributed by atoms with E-state index in [1.54, 1.807) is 30.3 Å². The van der Waals surface area contributed by atoms with Gasteiger partial charge in [-0.25, -0.2) is 9.78 Å². The van der Waals surface area contributed by atoms with E-state index in [-0.39, 0.29) is 5.56 Å². The van der Waals surface area contributed by atoms with Crippen LogP contribution in [0.4, 0.5) is 5.69 Å². The average molecular weight is 320 g/mol. The Morgan fingerprint density at radius 2 is 1.83 bits per heavy atom. The number of nitrogens with zero attached hydrogens (tertiary/aromatic N) is 1. The van der Waals surface area contributed by atoms with E-state index in [1.807, 2.05) is 26.0 Å². The molecule has 5 heteroatoms. The van der Waals surface area contributed by atoms with Crippen molar-refractivity contribution >= 4 is 29.0 Å². The van der Waals surface area contributed by atoms with Crippen molar-refractivity contribution in [2.45, 2.75) is 13.8 Å². The fraction of sp³-hybridized carbons (Fsp3) is 0.105. The Labute approximate surface area is 139 Å². The van der Waals surface area contributed by atoms with E-state index in [0.29, 0.717) is 28.7 Å². The van der Waals surface area contributed by atoms with Gasteiger partial charge in [-0.15, -0.1) is 0 Å². The van der Waals surface area contributed by atoms with Crippen molar-refractivity contribution in [3.05, 3.63) is 59.2 Å². The van der Waals surface area contributed by atoms with Crippen molar-refractivity contribution in [2.75, 3.05) is 5.32 Å². The summed E-state index contributed by atoms with van der Waals surface area (Å²) in [6.45, 7) is 3.86. The number of aromatic carboxylic acids is 1. The van der Waals surface area contributed by atoms with Gasteiger partial charge in [0, 0.05) is 16.6 Å². The number of anilines is 1. The highest BCUT2D eigenvalue weighted by atomic mass is 16.4. The van der Waals surface area contributed by atoms with Gasteiger partial charge in [0.15, 0.2) is 0 Å². The van der Waals surface area contributed by atoms with Crippen LogP contribution < -0.4 is 5.32 Å². The van der Waals surface area contributed by atoms with Gasteiger partial charge in [0.25, 0.3) is 0 Å². The monoisotopic (exact) mass is 320 g/mol. The van der Waals surface area contributed by atoms with Gasteiger partial charge in [0.05, 0.1) is 16.8 Å². The number of carboxylic acid groups (broad SMARTS) is 1. The summed E-state index contributed by atoms with van der Waals surface area (Å²) in [7, 11) is 0. The zero-order valence-corrected chi connectivity index (χ0v) is 13.3. The minimum Gasteiger partial charge on any atom is -0.478 e. The third-order valence-electron chi connectivity index (χ3n) is 3.88. The summed E-state index contributed by atoms with van der Waals surface area (Å²) in [5, 5.41) is 12.8. The van der Waals surface area contributed by atoms with Gasteiger partial charge in [-0.3, -0.25) is 4.79 Å². The van der Waals surface area contributed by atoms with E-state index in [4.69, 9.17) is 0 Å². The maximum Gasteiger partial charge on any atom is 0.336 e. The third-order valence-corrected chi connectivity index (χ3v) is 3.88. The fourth-order valence-electron chi connectivity index (χ4n) is 2.81. The highest BCUT2D eigenvalue weighted by Crippen LogP contribution is 2.28. The number of carbonyl (C=O) groups excluding carboxylic acids is 1. The van der Waals surface area contributed by atoms with Crippen LogP contribution in [0.25, 0.3) is 22.2 Å². The van der Waals surface area contributed by atoms with Crippen LogP contribution >= 0.6 is 0 Å². The number of benzene rings is 2. The van der Waals surface area contributed by atoms with E-state index in [2.05, 4.69) is 10.3 Å². The van der Waals surface area contributed by atoms with Crippen LogP contribution in [0.15, 0.2) is 42.5 Å². The van der Waals surface area contributed by atoms with Crippen LogP contribution in [0, 0.1) is 13.8 Å². The number of pyridine rings is 1. The lowest BCUT2D eigenvalue weighted by Gasteiger charge is -2.10. The van der Waals surface area contributed by atoms with Crippen LogP contribution in [-0.2, 0) is 4.79 Å². The quantitative estimate of drug-likeness (QED) is 0.717. The Morgan fingerprint density at radius 1 is 1.12 bits per heavy atom. The Kier molecular flexibility index (Phi) is 4.00. The number of carbonyl (C=O) groups is 2. The van der Waals surface area contributed by atoms with Gasteiger partial charge in [-0.05, 0) is 43.7 Å². The van der Waals surface area contributed by atoms with Crippen molar-refractivity contribution in [2.24, 2.45) is 0 Å². The molecule has 1 heterocycles. The van der Waals surface area contributed by atoms with Crippen LogP contribution in [0.5, 0.6) is 0 Å². The molecule has 3 aromatic rings. The molecule has 0 unspecified atom stereocenters. The Bertz CT molecular complexity index is 947. The molecule has 0 saturated heterocycles. The topological polar surface area (TPSA) is 79.3 Å². The molecule has 0 aliphatic rings. The molecular formula is C19H16N2O3. The largest absolute Gasteiger partial charge is 0.478 e. The average Bonchev–Trinajstić information content (AvgIpc) is 2.55. The second kappa shape index (κ2) is 6.12. The minimum atomic E-state index is -0.979. The SMILES string of the molecule is Cc1cc(C)c2nc(-c3ccc(NC=O)cc3)cc(C(=O)O)c2c1. The number of nitrogens with one attached hydrogen (secondary N) is 1. The first-order valence-electron chi connectivity index (χ1n) is 7.45. The Hall–Kier alpha value is -3.21. The van der Waals surface area contributed by atoms with Gasteiger partial charge in [0.1, 0.15) is 0 Å². The molecule has 0 aliphatic carbocycles.